The molecule has 0 amide bonds. The van der Waals surface area contributed by atoms with Crippen molar-refractivity contribution in [1.29, 1.82) is 0 Å². The molecule has 2 N–H and O–H groups in total. The van der Waals surface area contributed by atoms with Crippen molar-refractivity contribution in [1.82, 2.24) is 0 Å². The average Bonchev–Trinajstić information content (AvgIpc) is 2.62. The van der Waals surface area contributed by atoms with Crippen molar-refractivity contribution >= 4 is 19.7 Å². The summed E-state index contributed by atoms with van der Waals surface area (Å²) in [7, 11) is 5.43. The summed E-state index contributed by atoms with van der Waals surface area (Å²) in [5.74, 6) is -1.32. The molecule has 104 valence electrons. The molecule has 0 bridgehead atoms. The highest BCUT2D eigenvalue weighted by atomic mass is 16.7. The molecule has 0 saturated carbocycles. The van der Waals surface area contributed by atoms with Crippen molar-refractivity contribution in [2.24, 2.45) is 4.99 Å². The number of carbonyl (C=O) groups excluding carboxylic acids is 1. The minimum Gasteiger partial charge on any atom is -0.459 e. The molecule has 1 aliphatic rings. The van der Waals surface area contributed by atoms with Gasteiger partial charge in [-0.2, -0.15) is 4.99 Å². The van der Waals surface area contributed by atoms with E-state index in [0.29, 0.717) is 5.56 Å². The maximum absolute atomic E-state index is 11.9. The van der Waals surface area contributed by atoms with Gasteiger partial charge in [-0.3, -0.25) is 0 Å². The maximum atomic E-state index is 11.9. The molecule has 1 heterocycles. The van der Waals surface area contributed by atoms with E-state index >= 15 is 0 Å². The first-order valence-electron chi connectivity index (χ1n) is 6.05. The summed E-state index contributed by atoms with van der Waals surface area (Å²) in [5.41, 5.74) is -4.93. The van der Waals surface area contributed by atoms with Gasteiger partial charge in [0.25, 0.3) is 0 Å². The molecule has 0 saturated heterocycles. The van der Waals surface area contributed by atoms with Gasteiger partial charge in [0.05, 0.1) is 6.10 Å². The summed E-state index contributed by atoms with van der Waals surface area (Å²) in [6.45, 7) is 3.18. The molecule has 2 radical (unpaired) electrons. The molecular weight excluding hydrogens is 261 g/mol. The molecule has 1 aliphatic heterocycles. The first kappa shape index (κ1) is 14.6. The Kier molecular flexibility index (Phi) is 3.58. The first-order valence-corrected chi connectivity index (χ1v) is 6.05. The van der Waals surface area contributed by atoms with Crippen molar-refractivity contribution < 1.29 is 24.5 Å². The van der Waals surface area contributed by atoms with Gasteiger partial charge >= 0.3 is 11.7 Å². The Morgan fingerprint density at radius 2 is 1.95 bits per heavy atom. The predicted molar refractivity (Wildman–Crippen MR) is 70.9 cm³/mol. The Labute approximate surface area is 117 Å². The van der Waals surface area contributed by atoms with Crippen molar-refractivity contribution in [3.05, 3.63) is 35.9 Å². The summed E-state index contributed by atoms with van der Waals surface area (Å²) < 4.78 is 9.83. The number of carbonyl (C=O) groups is 1. The number of nitrogens with zero attached hydrogens (tertiary/aromatic N) is 1. The predicted octanol–water partition coefficient (Wildman–Crippen LogP) is -0.0818. The number of hydrogen-bond acceptors (Lipinski definition) is 6. The molecule has 0 aromatic heterocycles. The Morgan fingerprint density at radius 1 is 1.35 bits per heavy atom. The van der Waals surface area contributed by atoms with Crippen LogP contribution in [0.25, 0.3) is 0 Å². The number of rotatable bonds is 3. The largest absolute Gasteiger partial charge is 0.459 e. The Morgan fingerprint density at radius 3 is 2.50 bits per heavy atom. The molecule has 0 spiro atoms. The summed E-state index contributed by atoms with van der Waals surface area (Å²) >= 11 is 0. The van der Waals surface area contributed by atoms with Gasteiger partial charge in [0.15, 0.2) is 7.85 Å². The number of aliphatic hydroxyl groups is 2. The van der Waals surface area contributed by atoms with Gasteiger partial charge in [-0.25, -0.2) is 4.79 Å². The molecule has 1 aromatic carbocycles. The van der Waals surface area contributed by atoms with Crippen LogP contribution in [0.2, 0.25) is 0 Å². The SMILES string of the molecule is [B]C1(O)OC(c2ccccc2)=NC1(O)C(=O)OC(C)C. The molecule has 2 atom stereocenters. The van der Waals surface area contributed by atoms with Crippen LogP contribution in [0.3, 0.4) is 0 Å². The second-order valence-corrected chi connectivity index (χ2v) is 4.71. The Bertz CT molecular complexity index is 543. The quantitative estimate of drug-likeness (QED) is 0.595. The summed E-state index contributed by atoms with van der Waals surface area (Å²) in [5, 5.41) is 20.1. The molecular formula is C13H14BNO5. The van der Waals surface area contributed by atoms with Crippen molar-refractivity contribution in [3.8, 4) is 0 Å². The van der Waals surface area contributed by atoms with Crippen LogP contribution in [0, 0.1) is 0 Å². The van der Waals surface area contributed by atoms with E-state index in [-0.39, 0.29) is 5.90 Å². The highest BCUT2D eigenvalue weighted by Gasteiger charge is 2.60. The lowest BCUT2D eigenvalue weighted by atomic mass is 9.85. The van der Waals surface area contributed by atoms with Crippen LogP contribution in [-0.2, 0) is 14.3 Å². The van der Waals surface area contributed by atoms with Gasteiger partial charge in [-0.1, -0.05) is 18.2 Å². The molecule has 20 heavy (non-hydrogen) atoms. The van der Waals surface area contributed by atoms with Crippen LogP contribution >= 0.6 is 0 Å². The lowest BCUT2D eigenvalue weighted by Crippen LogP contribution is -2.58. The van der Waals surface area contributed by atoms with E-state index in [4.69, 9.17) is 17.3 Å². The van der Waals surface area contributed by atoms with Gasteiger partial charge in [0, 0.05) is 5.56 Å². The fourth-order valence-electron chi connectivity index (χ4n) is 1.66. The minimum atomic E-state index is -2.71. The minimum absolute atomic E-state index is 0.140. The lowest BCUT2D eigenvalue weighted by Gasteiger charge is -2.30. The van der Waals surface area contributed by atoms with E-state index in [1.54, 1.807) is 44.2 Å². The van der Waals surface area contributed by atoms with E-state index in [9.17, 15) is 15.0 Å². The second kappa shape index (κ2) is 4.92. The zero-order valence-corrected chi connectivity index (χ0v) is 11.1. The average molecular weight is 275 g/mol. The van der Waals surface area contributed by atoms with E-state index in [1.807, 2.05) is 0 Å². The zero-order chi connectivity index (χ0) is 15.0. The van der Waals surface area contributed by atoms with Crippen molar-refractivity contribution in [2.45, 2.75) is 31.4 Å². The van der Waals surface area contributed by atoms with Gasteiger partial charge < -0.3 is 19.7 Å². The number of hydrogen-bond donors (Lipinski definition) is 2. The zero-order valence-electron chi connectivity index (χ0n) is 11.1. The number of ether oxygens (including phenoxy) is 2. The highest BCUT2D eigenvalue weighted by molar-refractivity contribution is 6.19. The Balaban J connectivity index is 2.37. The van der Waals surface area contributed by atoms with Gasteiger partial charge in [-0.05, 0) is 26.0 Å². The van der Waals surface area contributed by atoms with E-state index < -0.39 is 23.5 Å². The Hall–Kier alpha value is -1.86. The second-order valence-electron chi connectivity index (χ2n) is 4.71. The first-order chi connectivity index (χ1) is 9.26. The summed E-state index contributed by atoms with van der Waals surface area (Å²) in [6, 6.07) is 8.46. The van der Waals surface area contributed by atoms with Crippen LogP contribution < -0.4 is 0 Å². The van der Waals surface area contributed by atoms with E-state index in [1.165, 1.54) is 0 Å². The third-order valence-corrected chi connectivity index (χ3v) is 2.66. The molecule has 7 heteroatoms. The van der Waals surface area contributed by atoms with Gasteiger partial charge in [0.1, 0.15) is 0 Å². The fourth-order valence-corrected chi connectivity index (χ4v) is 1.66. The number of benzene rings is 1. The standard InChI is InChI=1S/C13H14BNO5/c1-8(2)19-11(16)12(17)13(14,18)20-10(15-12)9-6-4-3-5-7-9/h3-8,17-18H,1-2H3. The van der Waals surface area contributed by atoms with Gasteiger partial charge in [0.2, 0.25) is 11.6 Å². The molecule has 0 fully saturated rings. The van der Waals surface area contributed by atoms with E-state index in [0.717, 1.165) is 0 Å². The molecule has 6 nitrogen and oxygen atoms in total. The van der Waals surface area contributed by atoms with Crippen molar-refractivity contribution in [2.75, 3.05) is 0 Å². The smallest absolute Gasteiger partial charge is 0.368 e. The molecule has 2 unspecified atom stereocenters. The molecule has 1 aromatic rings. The molecule has 0 aliphatic carbocycles. The summed E-state index contributed by atoms with van der Waals surface area (Å²) in [4.78, 5) is 15.6. The van der Waals surface area contributed by atoms with Gasteiger partial charge in [-0.15, -0.1) is 0 Å². The van der Waals surface area contributed by atoms with E-state index in [2.05, 4.69) is 4.99 Å². The number of esters is 1. The number of aliphatic imine (C=N–C) groups is 1. The monoisotopic (exact) mass is 275 g/mol. The summed E-state index contributed by atoms with van der Waals surface area (Å²) in [6.07, 6.45) is -0.502. The topological polar surface area (TPSA) is 88.4 Å². The van der Waals surface area contributed by atoms with Crippen LogP contribution in [0.1, 0.15) is 19.4 Å². The lowest BCUT2D eigenvalue weighted by molar-refractivity contribution is -0.214. The molecule has 2 rings (SSSR count). The maximum Gasteiger partial charge on any atom is 0.368 e. The highest BCUT2D eigenvalue weighted by Crippen LogP contribution is 2.33. The third kappa shape index (κ3) is 2.42. The van der Waals surface area contributed by atoms with Crippen LogP contribution in [-0.4, -0.2) is 47.4 Å². The normalized spacial score (nSPS) is 28.9. The van der Waals surface area contributed by atoms with Crippen LogP contribution in [0.5, 0.6) is 0 Å². The van der Waals surface area contributed by atoms with Crippen molar-refractivity contribution in [3.63, 3.8) is 0 Å². The van der Waals surface area contributed by atoms with Crippen LogP contribution in [0.15, 0.2) is 35.3 Å². The third-order valence-electron chi connectivity index (χ3n) is 2.66. The fraction of sp³-hybridized carbons (Fsp3) is 0.385. The van der Waals surface area contributed by atoms with Crippen LogP contribution in [0.4, 0.5) is 0 Å².